The van der Waals surface area contributed by atoms with E-state index in [2.05, 4.69) is 10.6 Å². The van der Waals surface area contributed by atoms with Gasteiger partial charge in [0.05, 0.1) is 9.80 Å². The predicted octanol–water partition coefficient (Wildman–Crippen LogP) is 4.87. The van der Waals surface area contributed by atoms with Crippen molar-refractivity contribution in [3.8, 4) is 11.1 Å². The summed E-state index contributed by atoms with van der Waals surface area (Å²) in [5.74, 6) is -0.443. The molecule has 3 aromatic rings. The van der Waals surface area contributed by atoms with Gasteiger partial charge in [-0.2, -0.15) is 16.1 Å². The van der Waals surface area contributed by atoms with Crippen LogP contribution in [-0.2, 0) is 14.8 Å². The lowest BCUT2D eigenvalue weighted by molar-refractivity contribution is -0.115. The normalized spacial score (nSPS) is 20.9. The van der Waals surface area contributed by atoms with Gasteiger partial charge in [-0.15, -0.1) is 0 Å². The Morgan fingerprint density at radius 3 is 2.46 bits per heavy atom. The summed E-state index contributed by atoms with van der Waals surface area (Å²) < 4.78 is 29.1. The van der Waals surface area contributed by atoms with Crippen molar-refractivity contribution in [3.05, 3.63) is 83.3 Å². The highest BCUT2D eigenvalue weighted by atomic mass is 32.2. The Labute approximate surface area is 236 Å². The number of rotatable bonds is 8. The molecule has 3 aromatic carbocycles. The fourth-order valence-electron chi connectivity index (χ4n) is 4.72. The van der Waals surface area contributed by atoms with Crippen LogP contribution in [0.2, 0.25) is 0 Å². The Kier molecular flexibility index (Phi) is 8.03. The summed E-state index contributed by atoms with van der Waals surface area (Å²) >= 11 is 2.50. The first kappa shape index (κ1) is 27.3. The molecule has 2 atom stereocenters. The van der Waals surface area contributed by atoms with E-state index in [-0.39, 0.29) is 16.2 Å². The average molecular weight is 581 g/mol. The number of nitrogens with zero attached hydrogens (tertiary/aromatic N) is 1. The fourth-order valence-corrected chi connectivity index (χ4v) is 7.90. The van der Waals surface area contributed by atoms with Crippen LogP contribution in [0.4, 0.5) is 16.2 Å². The zero-order valence-electron chi connectivity index (χ0n) is 21.2. The minimum absolute atomic E-state index is 0.169. The van der Waals surface area contributed by atoms with Gasteiger partial charge in [0, 0.05) is 35.8 Å². The Bertz CT molecular complexity index is 1530. The van der Waals surface area contributed by atoms with Gasteiger partial charge in [-0.3, -0.25) is 14.9 Å². The molecule has 202 valence electrons. The van der Waals surface area contributed by atoms with E-state index in [1.54, 1.807) is 52.5 Å². The largest absolute Gasteiger partial charge is 0.399 e. The van der Waals surface area contributed by atoms with Crippen LogP contribution in [0.5, 0.6) is 0 Å². The third kappa shape index (κ3) is 6.01. The van der Waals surface area contributed by atoms with Gasteiger partial charge in [0.15, 0.2) is 0 Å². The molecule has 0 saturated carbocycles. The first-order chi connectivity index (χ1) is 18.7. The molecule has 0 aliphatic carbocycles. The molecule has 2 aliphatic rings. The summed E-state index contributed by atoms with van der Waals surface area (Å²) in [6.07, 6.45) is 4.32. The quantitative estimate of drug-likeness (QED) is 0.255. The molecule has 2 saturated heterocycles. The van der Waals surface area contributed by atoms with E-state index in [0.717, 1.165) is 22.9 Å². The molecule has 0 bridgehead atoms. The highest BCUT2D eigenvalue weighted by Gasteiger charge is 2.40. The number of hydrogen-bond acceptors (Lipinski definition) is 8. The molecule has 2 aliphatic heterocycles. The number of carbonyl (C=O) groups excluding carboxylic acids is 2. The van der Waals surface area contributed by atoms with Gasteiger partial charge in [-0.05, 0) is 71.5 Å². The van der Waals surface area contributed by atoms with Crippen LogP contribution < -0.4 is 16.4 Å². The molecule has 11 heteroatoms. The number of imide groups is 1. The second kappa shape index (κ2) is 11.5. The molecule has 5 rings (SSSR count). The van der Waals surface area contributed by atoms with Crippen molar-refractivity contribution in [2.45, 2.75) is 22.6 Å². The van der Waals surface area contributed by atoms with E-state index in [1.807, 2.05) is 48.7 Å². The number of benzene rings is 3. The first-order valence-electron chi connectivity index (χ1n) is 12.3. The molecule has 0 radical (unpaired) electrons. The van der Waals surface area contributed by atoms with Gasteiger partial charge >= 0.3 is 0 Å². The van der Waals surface area contributed by atoms with Crippen LogP contribution in [0.15, 0.2) is 82.6 Å². The van der Waals surface area contributed by atoms with Gasteiger partial charge in [0.1, 0.15) is 0 Å². The second-order valence-corrected chi connectivity index (χ2v) is 13.3. The van der Waals surface area contributed by atoms with Gasteiger partial charge < -0.3 is 11.1 Å². The third-order valence-electron chi connectivity index (χ3n) is 6.76. The van der Waals surface area contributed by atoms with Gasteiger partial charge in [-0.25, -0.2) is 8.42 Å². The third-order valence-corrected chi connectivity index (χ3v) is 10.5. The molecular formula is C28H28N4O4S3. The van der Waals surface area contributed by atoms with Crippen molar-refractivity contribution in [3.63, 3.8) is 0 Å². The number of amides is 2. The van der Waals surface area contributed by atoms with E-state index in [9.17, 15) is 18.0 Å². The number of nitrogens with two attached hydrogens (primary N) is 1. The summed E-state index contributed by atoms with van der Waals surface area (Å²) in [5.41, 5.74) is 9.88. The zero-order chi connectivity index (χ0) is 27.6. The summed E-state index contributed by atoms with van der Waals surface area (Å²) in [5, 5.41) is 5.37. The molecule has 0 spiro atoms. The van der Waals surface area contributed by atoms with Gasteiger partial charge in [0.25, 0.3) is 11.1 Å². The highest BCUT2D eigenvalue weighted by molar-refractivity contribution is 8.18. The molecule has 39 heavy (non-hydrogen) atoms. The minimum Gasteiger partial charge on any atom is -0.399 e. The number of hydrogen-bond donors (Lipinski definition) is 3. The number of nitrogens with one attached hydrogen (secondary N) is 2. The molecular weight excluding hydrogens is 553 g/mol. The van der Waals surface area contributed by atoms with E-state index >= 15 is 0 Å². The van der Waals surface area contributed by atoms with E-state index in [4.69, 9.17) is 5.73 Å². The Hall–Kier alpha value is -3.25. The number of anilines is 2. The van der Waals surface area contributed by atoms with Crippen LogP contribution >= 0.6 is 23.5 Å². The van der Waals surface area contributed by atoms with Crippen molar-refractivity contribution in [1.29, 1.82) is 0 Å². The van der Waals surface area contributed by atoms with E-state index in [0.29, 0.717) is 41.4 Å². The lowest BCUT2D eigenvalue weighted by atomic mass is 10.1. The predicted molar refractivity (Wildman–Crippen MR) is 160 cm³/mol. The average Bonchev–Trinajstić information content (AvgIpc) is 3.51. The van der Waals surface area contributed by atoms with E-state index in [1.165, 1.54) is 0 Å². The number of thioether (sulfide) groups is 2. The molecule has 0 unspecified atom stereocenters. The number of nitrogen functional groups attached to an aromatic ring is 1. The van der Waals surface area contributed by atoms with Gasteiger partial charge in [0.2, 0.25) is 10.0 Å². The molecule has 2 fully saturated rings. The topological polar surface area (TPSA) is 122 Å². The smallest absolute Gasteiger partial charge is 0.290 e. The Morgan fingerprint density at radius 2 is 1.79 bits per heavy atom. The first-order valence-corrected chi connectivity index (χ1v) is 15.9. The molecule has 2 heterocycles. The standard InChI is InChI=1S/C28H28N4O4S3/c1-37-23-15-22(16-30-25-14-21(29)10-7-20(25)13-26-27(33)31-28(34)38-26)32(17-23)39(35,36)24-11-8-19(9-12-24)18-5-3-2-4-6-18/h2-14,22-23,30H,15-17,29H2,1H3,(H,31,33,34)/b26-13-/t22-,23-/m0/s1. The van der Waals surface area contributed by atoms with Crippen LogP contribution in [0.25, 0.3) is 17.2 Å². The summed E-state index contributed by atoms with van der Waals surface area (Å²) in [6.45, 7) is 0.777. The SMILES string of the molecule is CS[C@H]1C[C@@H](CNc2cc(N)ccc2/C=C2\SC(=O)NC2=O)N(S(=O)(=O)c2ccc(-c3ccccc3)cc2)C1. The van der Waals surface area contributed by atoms with Crippen molar-refractivity contribution < 1.29 is 18.0 Å². The molecule has 4 N–H and O–H groups in total. The van der Waals surface area contributed by atoms with Crippen molar-refractivity contribution >= 4 is 62.1 Å². The van der Waals surface area contributed by atoms with Crippen molar-refractivity contribution in [1.82, 2.24) is 9.62 Å². The molecule has 0 aromatic heterocycles. The van der Waals surface area contributed by atoms with Gasteiger partial charge in [-0.1, -0.05) is 48.5 Å². The number of sulfonamides is 1. The summed E-state index contributed by atoms with van der Waals surface area (Å²) in [7, 11) is -3.73. The maximum absolute atomic E-state index is 13.8. The highest BCUT2D eigenvalue weighted by Crippen LogP contribution is 2.34. The summed E-state index contributed by atoms with van der Waals surface area (Å²) in [4.78, 5) is 24.2. The van der Waals surface area contributed by atoms with Crippen molar-refractivity contribution in [2.24, 2.45) is 0 Å². The maximum Gasteiger partial charge on any atom is 0.290 e. The molecule has 2 amide bonds. The maximum atomic E-state index is 13.8. The fraction of sp³-hybridized carbons (Fsp3) is 0.214. The van der Waals surface area contributed by atoms with Crippen LogP contribution in [-0.4, -0.2) is 54.5 Å². The lowest BCUT2D eigenvalue weighted by Crippen LogP contribution is -2.39. The zero-order valence-corrected chi connectivity index (χ0v) is 23.6. The van der Waals surface area contributed by atoms with Crippen molar-refractivity contribution in [2.75, 3.05) is 30.4 Å². The Balaban J connectivity index is 1.37. The lowest BCUT2D eigenvalue weighted by Gasteiger charge is -2.25. The minimum atomic E-state index is -3.73. The Morgan fingerprint density at radius 1 is 1.08 bits per heavy atom. The van der Waals surface area contributed by atoms with E-state index < -0.39 is 21.2 Å². The monoisotopic (exact) mass is 580 g/mol. The van der Waals surface area contributed by atoms with Crippen LogP contribution in [0, 0.1) is 0 Å². The van der Waals surface area contributed by atoms with Crippen LogP contribution in [0.3, 0.4) is 0 Å². The number of carbonyl (C=O) groups is 2. The molecule has 8 nitrogen and oxygen atoms in total. The van der Waals surface area contributed by atoms with Crippen LogP contribution in [0.1, 0.15) is 12.0 Å². The second-order valence-electron chi connectivity index (χ2n) is 9.29. The summed E-state index contributed by atoms with van der Waals surface area (Å²) in [6, 6.07) is 21.8.